The first-order valence-electron chi connectivity index (χ1n) is 6.00. The lowest BCUT2D eigenvalue weighted by molar-refractivity contribution is 0.626. The van der Waals surface area contributed by atoms with Crippen LogP contribution in [0, 0.1) is 5.92 Å². The average Bonchev–Trinajstić information content (AvgIpc) is 3.06. The second-order valence-electron chi connectivity index (χ2n) is 4.60. The fraction of sp³-hybridized carbons (Fsp3) is 0.571. The first kappa shape index (κ1) is 11.2. The molecule has 15 heavy (non-hydrogen) atoms. The standard InChI is InChI=1S/C14H19Br/c1-2-13(15)9-8-12-10-14(12)11-6-4-3-5-7-11/h3-7,12-14H,2,8-10H2,1H3. The molecule has 0 aromatic heterocycles. The zero-order valence-electron chi connectivity index (χ0n) is 9.33. The summed E-state index contributed by atoms with van der Waals surface area (Å²) in [5.41, 5.74) is 1.55. The van der Waals surface area contributed by atoms with Crippen molar-refractivity contribution in [2.24, 2.45) is 5.92 Å². The van der Waals surface area contributed by atoms with Crippen LogP contribution in [0.5, 0.6) is 0 Å². The molecule has 1 aliphatic rings. The minimum Gasteiger partial charge on any atom is -0.0891 e. The third-order valence-corrected chi connectivity index (χ3v) is 4.55. The molecule has 0 amide bonds. The molecule has 0 spiro atoms. The van der Waals surface area contributed by atoms with Gasteiger partial charge in [0.15, 0.2) is 0 Å². The highest BCUT2D eigenvalue weighted by molar-refractivity contribution is 9.09. The number of hydrogen-bond acceptors (Lipinski definition) is 0. The van der Waals surface area contributed by atoms with Gasteiger partial charge in [-0.05, 0) is 43.1 Å². The maximum atomic E-state index is 3.71. The highest BCUT2D eigenvalue weighted by Crippen LogP contribution is 2.50. The van der Waals surface area contributed by atoms with Gasteiger partial charge in [-0.3, -0.25) is 0 Å². The van der Waals surface area contributed by atoms with Crippen molar-refractivity contribution >= 4 is 15.9 Å². The van der Waals surface area contributed by atoms with Crippen LogP contribution < -0.4 is 0 Å². The lowest BCUT2D eigenvalue weighted by atomic mass is 10.1. The zero-order valence-corrected chi connectivity index (χ0v) is 10.9. The molecule has 82 valence electrons. The van der Waals surface area contributed by atoms with Crippen molar-refractivity contribution in [2.75, 3.05) is 0 Å². The maximum Gasteiger partial charge on any atom is 0.0143 e. The van der Waals surface area contributed by atoms with Gasteiger partial charge in [-0.1, -0.05) is 53.2 Å². The van der Waals surface area contributed by atoms with Crippen LogP contribution in [0.25, 0.3) is 0 Å². The molecule has 1 aromatic carbocycles. The maximum absolute atomic E-state index is 3.71. The Balaban J connectivity index is 1.77. The van der Waals surface area contributed by atoms with Gasteiger partial charge < -0.3 is 0 Å². The highest BCUT2D eigenvalue weighted by Gasteiger charge is 2.37. The molecule has 0 aliphatic heterocycles. The van der Waals surface area contributed by atoms with Gasteiger partial charge in [0.2, 0.25) is 0 Å². The van der Waals surface area contributed by atoms with Crippen LogP contribution in [0.4, 0.5) is 0 Å². The minimum atomic E-state index is 0.731. The molecule has 0 nitrogen and oxygen atoms in total. The molecular weight excluding hydrogens is 248 g/mol. The van der Waals surface area contributed by atoms with Gasteiger partial charge in [-0.2, -0.15) is 0 Å². The van der Waals surface area contributed by atoms with Crippen molar-refractivity contribution in [3.05, 3.63) is 35.9 Å². The average molecular weight is 267 g/mol. The van der Waals surface area contributed by atoms with E-state index >= 15 is 0 Å². The van der Waals surface area contributed by atoms with Crippen LogP contribution in [0.2, 0.25) is 0 Å². The zero-order chi connectivity index (χ0) is 10.7. The lowest BCUT2D eigenvalue weighted by Gasteiger charge is -2.05. The molecule has 0 N–H and O–H groups in total. The molecule has 0 saturated heterocycles. The molecule has 1 aromatic rings. The molecular formula is C14H19Br. The van der Waals surface area contributed by atoms with E-state index in [-0.39, 0.29) is 0 Å². The van der Waals surface area contributed by atoms with Crippen LogP contribution in [-0.4, -0.2) is 4.83 Å². The van der Waals surface area contributed by atoms with Crippen molar-refractivity contribution in [1.29, 1.82) is 0 Å². The number of benzene rings is 1. The summed E-state index contributed by atoms with van der Waals surface area (Å²) in [4.78, 5) is 0.731. The number of alkyl halides is 1. The Morgan fingerprint density at radius 1 is 1.33 bits per heavy atom. The van der Waals surface area contributed by atoms with Crippen molar-refractivity contribution < 1.29 is 0 Å². The summed E-state index contributed by atoms with van der Waals surface area (Å²) in [6, 6.07) is 11.0. The number of rotatable bonds is 5. The van der Waals surface area contributed by atoms with E-state index in [2.05, 4.69) is 53.2 Å². The summed E-state index contributed by atoms with van der Waals surface area (Å²) >= 11 is 3.71. The van der Waals surface area contributed by atoms with Crippen LogP contribution in [-0.2, 0) is 0 Å². The predicted molar refractivity (Wildman–Crippen MR) is 69.5 cm³/mol. The van der Waals surface area contributed by atoms with Gasteiger partial charge in [-0.25, -0.2) is 0 Å². The third-order valence-electron chi connectivity index (χ3n) is 3.44. The predicted octanol–water partition coefficient (Wildman–Crippen LogP) is 4.74. The smallest absolute Gasteiger partial charge is 0.0143 e. The second-order valence-corrected chi connectivity index (χ2v) is 5.89. The van der Waals surface area contributed by atoms with Gasteiger partial charge in [0, 0.05) is 4.83 Å². The Hall–Kier alpha value is -0.300. The quantitative estimate of drug-likeness (QED) is 0.676. The molecule has 0 heterocycles. The topological polar surface area (TPSA) is 0 Å². The highest BCUT2D eigenvalue weighted by atomic mass is 79.9. The first-order chi connectivity index (χ1) is 7.31. The molecule has 3 unspecified atom stereocenters. The Bertz CT molecular complexity index is 293. The Labute approximate surface area is 101 Å². The normalized spacial score (nSPS) is 26.3. The van der Waals surface area contributed by atoms with E-state index in [1.165, 1.54) is 25.7 Å². The third kappa shape index (κ3) is 3.07. The van der Waals surface area contributed by atoms with E-state index in [1.807, 2.05) is 0 Å². The summed E-state index contributed by atoms with van der Waals surface area (Å²) in [6.07, 6.45) is 5.39. The largest absolute Gasteiger partial charge is 0.0891 e. The summed E-state index contributed by atoms with van der Waals surface area (Å²) in [5.74, 6) is 1.82. The molecule has 1 heteroatoms. The molecule has 3 atom stereocenters. The Morgan fingerprint density at radius 2 is 2.07 bits per heavy atom. The molecule has 1 aliphatic carbocycles. The van der Waals surface area contributed by atoms with Gasteiger partial charge >= 0.3 is 0 Å². The summed E-state index contributed by atoms with van der Waals surface area (Å²) < 4.78 is 0. The van der Waals surface area contributed by atoms with E-state index < -0.39 is 0 Å². The van der Waals surface area contributed by atoms with Gasteiger partial charge in [0.05, 0.1) is 0 Å². The van der Waals surface area contributed by atoms with Crippen molar-refractivity contribution in [3.63, 3.8) is 0 Å². The van der Waals surface area contributed by atoms with E-state index in [9.17, 15) is 0 Å². The van der Waals surface area contributed by atoms with E-state index in [4.69, 9.17) is 0 Å². The van der Waals surface area contributed by atoms with E-state index in [0.29, 0.717) is 0 Å². The summed E-state index contributed by atoms with van der Waals surface area (Å²) in [7, 11) is 0. The van der Waals surface area contributed by atoms with E-state index in [0.717, 1.165) is 16.7 Å². The number of halogens is 1. The molecule has 0 bridgehead atoms. The SMILES string of the molecule is CCC(Br)CCC1CC1c1ccccc1. The molecule has 2 rings (SSSR count). The molecule has 1 saturated carbocycles. The fourth-order valence-corrected chi connectivity index (χ4v) is 2.54. The Kier molecular flexibility index (Phi) is 3.85. The van der Waals surface area contributed by atoms with Crippen molar-refractivity contribution in [2.45, 2.75) is 43.4 Å². The summed E-state index contributed by atoms with van der Waals surface area (Å²) in [6.45, 7) is 2.25. The van der Waals surface area contributed by atoms with Crippen LogP contribution in [0.1, 0.15) is 44.1 Å². The Morgan fingerprint density at radius 3 is 2.73 bits per heavy atom. The molecule has 1 fully saturated rings. The van der Waals surface area contributed by atoms with Crippen LogP contribution in [0.3, 0.4) is 0 Å². The first-order valence-corrected chi connectivity index (χ1v) is 6.91. The lowest BCUT2D eigenvalue weighted by Crippen LogP contribution is -1.95. The summed E-state index contributed by atoms with van der Waals surface area (Å²) in [5, 5.41) is 0. The second kappa shape index (κ2) is 5.16. The van der Waals surface area contributed by atoms with Crippen molar-refractivity contribution in [3.8, 4) is 0 Å². The van der Waals surface area contributed by atoms with Gasteiger partial charge in [0.25, 0.3) is 0 Å². The van der Waals surface area contributed by atoms with E-state index in [1.54, 1.807) is 5.56 Å². The molecule has 0 radical (unpaired) electrons. The van der Waals surface area contributed by atoms with Crippen molar-refractivity contribution in [1.82, 2.24) is 0 Å². The van der Waals surface area contributed by atoms with Gasteiger partial charge in [0.1, 0.15) is 0 Å². The monoisotopic (exact) mass is 266 g/mol. The van der Waals surface area contributed by atoms with Gasteiger partial charge in [-0.15, -0.1) is 0 Å². The van der Waals surface area contributed by atoms with Crippen LogP contribution >= 0.6 is 15.9 Å². The minimum absolute atomic E-state index is 0.731. The number of hydrogen-bond donors (Lipinski definition) is 0. The fourth-order valence-electron chi connectivity index (χ4n) is 2.27. The van der Waals surface area contributed by atoms with Crippen LogP contribution in [0.15, 0.2) is 30.3 Å².